The zero-order chi connectivity index (χ0) is 20.7. The third-order valence-corrected chi connectivity index (χ3v) is 3.71. The van der Waals surface area contributed by atoms with E-state index < -0.39 is 24.6 Å². The van der Waals surface area contributed by atoms with Gasteiger partial charge in [-0.1, -0.05) is 29.8 Å². The monoisotopic (exact) mass is 393 g/mol. The Kier molecular flexibility index (Phi) is 7.31. The molecule has 0 unspecified atom stereocenters. The fourth-order valence-electron chi connectivity index (χ4n) is 2.39. The van der Waals surface area contributed by atoms with Crippen molar-refractivity contribution in [2.24, 2.45) is 0 Å². The van der Waals surface area contributed by atoms with Crippen LogP contribution in [-0.2, 0) is 14.3 Å². The number of nitrogens with one attached hydrogen (secondary N) is 1. The molecule has 0 radical (unpaired) electrons. The van der Waals surface area contributed by atoms with Crippen LogP contribution < -0.4 is 14.8 Å². The van der Waals surface area contributed by atoms with Crippen LogP contribution in [0.2, 0.25) is 0 Å². The van der Waals surface area contributed by atoms with Crippen molar-refractivity contribution in [2.75, 3.05) is 11.9 Å². The molecule has 1 N–H and O–H groups in total. The summed E-state index contributed by atoms with van der Waals surface area (Å²) in [4.78, 5) is 24.1. The van der Waals surface area contributed by atoms with E-state index in [9.17, 15) is 18.4 Å². The number of amides is 1. The summed E-state index contributed by atoms with van der Waals surface area (Å²) in [7, 11) is 0. The van der Waals surface area contributed by atoms with Crippen LogP contribution in [0, 0.1) is 13.8 Å². The summed E-state index contributed by atoms with van der Waals surface area (Å²) in [6.07, 6.45) is -1.16. The quantitative estimate of drug-likeness (QED) is 0.690. The average molecular weight is 393 g/mol. The lowest BCUT2D eigenvalue weighted by Gasteiger charge is -2.16. The summed E-state index contributed by atoms with van der Waals surface area (Å²) in [5.74, 6) is -1.08. The highest BCUT2D eigenvalue weighted by molar-refractivity contribution is 5.96. The molecule has 150 valence electrons. The predicted octanol–water partition coefficient (Wildman–Crippen LogP) is 3.85. The highest BCUT2D eigenvalue weighted by atomic mass is 19.3. The molecule has 0 heterocycles. The second-order valence-corrected chi connectivity index (χ2v) is 6.05. The first-order chi connectivity index (χ1) is 13.3. The van der Waals surface area contributed by atoms with Gasteiger partial charge in [-0.05, 0) is 44.5 Å². The minimum absolute atomic E-state index is 0.0437. The molecule has 1 atom stereocenters. The Balaban J connectivity index is 1.89. The fraction of sp³-hybridized carbons (Fsp3) is 0.300. The third kappa shape index (κ3) is 6.22. The lowest BCUT2D eigenvalue weighted by atomic mass is 10.1. The molecule has 8 heteroatoms. The van der Waals surface area contributed by atoms with Crippen LogP contribution in [0.25, 0.3) is 0 Å². The first-order valence-electron chi connectivity index (χ1n) is 8.50. The molecule has 2 aromatic carbocycles. The predicted molar refractivity (Wildman–Crippen MR) is 98.7 cm³/mol. The van der Waals surface area contributed by atoms with Crippen molar-refractivity contribution in [1.82, 2.24) is 0 Å². The van der Waals surface area contributed by atoms with Crippen molar-refractivity contribution in [3.8, 4) is 11.5 Å². The number of carbonyl (C=O) groups is 2. The molecule has 0 aromatic heterocycles. The number of carbonyl (C=O) groups excluding carboxylic acids is 2. The summed E-state index contributed by atoms with van der Waals surface area (Å²) in [6, 6.07) is 11.2. The van der Waals surface area contributed by atoms with Gasteiger partial charge in [0.15, 0.2) is 12.7 Å². The van der Waals surface area contributed by atoms with Gasteiger partial charge in [0.2, 0.25) is 0 Å². The number of benzene rings is 2. The van der Waals surface area contributed by atoms with Gasteiger partial charge in [0.05, 0.1) is 5.69 Å². The molecule has 0 saturated carbocycles. The largest absolute Gasteiger partial charge is 0.482 e. The van der Waals surface area contributed by atoms with Crippen LogP contribution in [0.1, 0.15) is 18.1 Å². The lowest BCUT2D eigenvalue weighted by Crippen LogP contribution is -2.31. The molecule has 6 nitrogen and oxygen atoms in total. The van der Waals surface area contributed by atoms with Crippen LogP contribution in [0.5, 0.6) is 11.5 Å². The molecule has 0 spiro atoms. The Bertz CT molecular complexity index is 841. The number of ether oxygens (including phenoxy) is 3. The highest BCUT2D eigenvalue weighted by Crippen LogP contribution is 2.25. The first-order valence-corrected chi connectivity index (χ1v) is 8.50. The Morgan fingerprint density at radius 2 is 1.79 bits per heavy atom. The second-order valence-electron chi connectivity index (χ2n) is 6.05. The van der Waals surface area contributed by atoms with Gasteiger partial charge < -0.3 is 19.5 Å². The van der Waals surface area contributed by atoms with Gasteiger partial charge in [-0.25, -0.2) is 4.79 Å². The van der Waals surface area contributed by atoms with Crippen LogP contribution >= 0.6 is 0 Å². The Labute approximate surface area is 161 Å². The van der Waals surface area contributed by atoms with Crippen molar-refractivity contribution in [3.63, 3.8) is 0 Å². The molecule has 2 rings (SSSR count). The first kappa shape index (κ1) is 21.1. The zero-order valence-electron chi connectivity index (χ0n) is 15.7. The number of halogens is 2. The molecule has 1 amide bonds. The van der Waals surface area contributed by atoms with Crippen LogP contribution in [0.3, 0.4) is 0 Å². The lowest BCUT2D eigenvalue weighted by molar-refractivity contribution is -0.155. The van der Waals surface area contributed by atoms with Gasteiger partial charge >= 0.3 is 12.6 Å². The number of para-hydroxylation sites is 2. The van der Waals surface area contributed by atoms with E-state index in [0.717, 1.165) is 11.1 Å². The van der Waals surface area contributed by atoms with Crippen LogP contribution in [0.4, 0.5) is 14.5 Å². The molecule has 0 aliphatic carbocycles. The molecule has 0 fully saturated rings. The maximum Gasteiger partial charge on any atom is 0.387 e. The second kappa shape index (κ2) is 9.68. The third-order valence-electron chi connectivity index (χ3n) is 3.71. The zero-order valence-corrected chi connectivity index (χ0v) is 15.7. The van der Waals surface area contributed by atoms with Crippen LogP contribution in [0.15, 0.2) is 42.5 Å². The Morgan fingerprint density at radius 1 is 1.07 bits per heavy atom. The maximum atomic E-state index is 12.4. The summed E-state index contributed by atoms with van der Waals surface area (Å²) in [5, 5.41) is 2.39. The molecule has 0 aliphatic rings. The Hall–Kier alpha value is -3.16. The fourth-order valence-corrected chi connectivity index (χ4v) is 2.39. The minimum atomic E-state index is -3.03. The van der Waals surface area contributed by atoms with E-state index >= 15 is 0 Å². The summed E-state index contributed by atoms with van der Waals surface area (Å²) in [5.41, 5.74) is 1.98. The summed E-state index contributed by atoms with van der Waals surface area (Å²) in [6.45, 7) is 1.75. The van der Waals surface area contributed by atoms with Gasteiger partial charge in [-0.2, -0.15) is 8.78 Å². The van der Waals surface area contributed by atoms with E-state index in [-0.39, 0.29) is 18.0 Å². The van der Waals surface area contributed by atoms with E-state index in [1.54, 1.807) is 12.1 Å². The number of anilines is 1. The molecule has 0 aliphatic heterocycles. The number of hydrogen-bond acceptors (Lipinski definition) is 5. The number of esters is 1. The van der Waals surface area contributed by atoms with E-state index in [0.29, 0.717) is 5.75 Å². The number of hydrogen-bond donors (Lipinski definition) is 1. The van der Waals surface area contributed by atoms with Crippen molar-refractivity contribution in [3.05, 3.63) is 53.6 Å². The SMILES string of the molecule is Cc1ccc(OCC(=O)O[C@H](C)C(=O)Nc2ccccc2OC(F)F)c(C)c1. The average Bonchev–Trinajstić information content (AvgIpc) is 2.62. The smallest absolute Gasteiger partial charge is 0.387 e. The molecule has 28 heavy (non-hydrogen) atoms. The van der Waals surface area contributed by atoms with Gasteiger partial charge in [0.25, 0.3) is 5.91 Å². The van der Waals surface area contributed by atoms with Crippen molar-refractivity contribution < 1.29 is 32.6 Å². The van der Waals surface area contributed by atoms with Gasteiger partial charge in [-0.15, -0.1) is 0 Å². The Morgan fingerprint density at radius 3 is 2.46 bits per heavy atom. The van der Waals surface area contributed by atoms with E-state index in [4.69, 9.17) is 9.47 Å². The van der Waals surface area contributed by atoms with Crippen LogP contribution in [-0.4, -0.2) is 31.2 Å². The van der Waals surface area contributed by atoms with E-state index in [1.165, 1.54) is 25.1 Å². The van der Waals surface area contributed by atoms with Gasteiger partial charge in [-0.3, -0.25) is 4.79 Å². The summed E-state index contributed by atoms with van der Waals surface area (Å²) >= 11 is 0. The topological polar surface area (TPSA) is 73.9 Å². The molecular weight excluding hydrogens is 372 g/mol. The van der Waals surface area contributed by atoms with Crippen molar-refractivity contribution >= 4 is 17.6 Å². The normalized spacial score (nSPS) is 11.6. The van der Waals surface area contributed by atoms with Gasteiger partial charge in [0, 0.05) is 0 Å². The minimum Gasteiger partial charge on any atom is -0.482 e. The van der Waals surface area contributed by atoms with Crippen molar-refractivity contribution in [2.45, 2.75) is 33.5 Å². The summed E-state index contributed by atoms with van der Waals surface area (Å²) < 4.78 is 39.6. The molecule has 0 saturated heterocycles. The highest BCUT2D eigenvalue weighted by Gasteiger charge is 2.20. The maximum absolute atomic E-state index is 12.4. The van der Waals surface area contributed by atoms with E-state index in [2.05, 4.69) is 10.1 Å². The van der Waals surface area contributed by atoms with Gasteiger partial charge in [0.1, 0.15) is 11.5 Å². The standard InChI is InChI=1S/C20H21F2NO5/c1-12-8-9-16(13(2)10-12)26-11-18(24)27-14(3)19(25)23-15-6-4-5-7-17(15)28-20(21)22/h4-10,14,20H,11H2,1-3H3,(H,23,25)/t14-/m1/s1. The van der Waals surface area contributed by atoms with Crippen molar-refractivity contribution in [1.29, 1.82) is 0 Å². The van der Waals surface area contributed by atoms with E-state index in [1.807, 2.05) is 26.0 Å². The number of alkyl halides is 2. The molecule has 0 bridgehead atoms. The number of rotatable bonds is 8. The number of aryl methyl sites for hydroxylation is 2. The molecular formula is C20H21F2NO5. The molecule has 2 aromatic rings.